The van der Waals surface area contributed by atoms with Crippen molar-refractivity contribution in [2.75, 3.05) is 20.8 Å². The Morgan fingerprint density at radius 1 is 0.857 bits per heavy atom. The number of fused-ring (bicyclic) bond motifs is 1. The minimum absolute atomic E-state index is 0.612. The summed E-state index contributed by atoms with van der Waals surface area (Å²) in [5.41, 5.74) is 3.36. The third-order valence-electron chi connectivity index (χ3n) is 5.02. The number of rotatable bonds is 3. The molecule has 0 N–H and O–H groups in total. The normalized spacial score (nSPS) is 17.8. The molecule has 0 aromatic heterocycles. The van der Waals surface area contributed by atoms with Crippen LogP contribution in [-0.2, 0) is 16.8 Å². The van der Waals surface area contributed by atoms with Crippen LogP contribution in [0.5, 0.6) is 11.5 Å². The van der Waals surface area contributed by atoms with Crippen molar-refractivity contribution in [3.8, 4) is 23.3 Å². The molecule has 0 saturated carbocycles. The zero-order chi connectivity index (χ0) is 19.4. The third kappa shape index (κ3) is 3.35. The van der Waals surface area contributed by atoms with Gasteiger partial charge in [0.15, 0.2) is 5.60 Å². The van der Waals surface area contributed by atoms with Gasteiger partial charge in [-0.05, 0) is 42.3 Å². The lowest BCUT2D eigenvalue weighted by molar-refractivity contribution is 0.0160. The smallest absolute Gasteiger partial charge is 0.180 e. The lowest BCUT2D eigenvalue weighted by atomic mass is 9.81. The van der Waals surface area contributed by atoms with Gasteiger partial charge in [-0.15, -0.1) is 0 Å². The Morgan fingerprint density at radius 3 is 2.43 bits per heavy atom. The average molecular weight is 370 g/mol. The van der Waals surface area contributed by atoms with E-state index in [4.69, 9.17) is 14.2 Å². The summed E-state index contributed by atoms with van der Waals surface area (Å²) in [5.74, 6) is 8.32. The Labute approximate surface area is 165 Å². The van der Waals surface area contributed by atoms with Gasteiger partial charge < -0.3 is 14.2 Å². The van der Waals surface area contributed by atoms with E-state index in [1.807, 2.05) is 54.6 Å². The van der Waals surface area contributed by atoms with E-state index in [-0.39, 0.29) is 0 Å². The van der Waals surface area contributed by atoms with E-state index < -0.39 is 5.60 Å². The lowest BCUT2D eigenvalue weighted by Gasteiger charge is -2.35. The molecule has 0 bridgehead atoms. The van der Waals surface area contributed by atoms with Crippen LogP contribution < -0.4 is 9.47 Å². The van der Waals surface area contributed by atoms with Crippen molar-refractivity contribution in [3.63, 3.8) is 0 Å². The number of hydrogen-bond acceptors (Lipinski definition) is 3. The molecule has 4 rings (SSSR count). The molecule has 3 aromatic carbocycles. The standard InChI is InChI=1S/C25H22O3/c1-26-22-10-5-7-19(17-22)13-15-25(21-9-6-11-23(18-21)27-2)24-12-4-3-8-20(24)14-16-28-25/h3-12,17-18H,14,16H2,1-2H3/t25-/m0/s1. The molecule has 0 unspecified atom stereocenters. The van der Waals surface area contributed by atoms with Crippen molar-refractivity contribution in [1.29, 1.82) is 0 Å². The molecule has 0 spiro atoms. The van der Waals surface area contributed by atoms with Crippen molar-refractivity contribution in [2.24, 2.45) is 0 Å². The van der Waals surface area contributed by atoms with Crippen LogP contribution in [0.25, 0.3) is 0 Å². The van der Waals surface area contributed by atoms with Gasteiger partial charge in [0.25, 0.3) is 0 Å². The van der Waals surface area contributed by atoms with Gasteiger partial charge in [-0.25, -0.2) is 0 Å². The summed E-state index contributed by atoms with van der Waals surface area (Å²) in [6, 6.07) is 24.1. The second-order valence-electron chi connectivity index (χ2n) is 6.65. The molecule has 1 aliphatic heterocycles. The van der Waals surface area contributed by atoms with Gasteiger partial charge in [-0.2, -0.15) is 0 Å². The summed E-state index contributed by atoms with van der Waals surface area (Å²) < 4.78 is 17.2. The number of benzene rings is 3. The van der Waals surface area contributed by atoms with E-state index in [9.17, 15) is 0 Å². The molecule has 0 radical (unpaired) electrons. The van der Waals surface area contributed by atoms with Crippen LogP contribution in [0.15, 0.2) is 72.8 Å². The van der Waals surface area contributed by atoms with Gasteiger partial charge in [0.2, 0.25) is 0 Å². The molecule has 1 aliphatic rings. The maximum Gasteiger partial charge on any atom is 0.180 e. The molecule has 0 fully saturated rings. The highest BCUT2D eigenvalue weighted by molar-refractivity contribution is 5.53. The fourth-order valence-electron chi connectivity index (χ4n) is 3.59. The van der Waals surface area contributed by atoms with Crippen LogP contribution in [0.4, 0.5) is 0 Å². The summed E-state index contributed by atoms with van der Waals surface area (Å²) in [5, 5.41) is 0. The molecule has 3 nitrogen and oxygen atoms in total. The van der Waals surface area contributed by atoms with Gasteiger partial charge in [-0.1, -0.05) is 54.3 Å². The van der Waals surface area contributed by atoms with Crippen LogP contribution >= 0.6 is 0 Å². The van der Waals surface area contributed by atoms with Crippen molar-refractivity contribution >= 4 is 0 Å². The molecule has 1 heterocycles. The summed E-state index contributed by atoms with van der Waals surface area (Å²) in [7, 11) is 3.33. The van der Waals surface area contributed by atoms with Gasteiger partial charge >= 0.3 is 0 Å². The molecular formula is C25H22O3. The highest BCUT2D eigenvalue weighted by Crippen LogP contribution is 2.39. The second kappa shape index (κ2) is 7.80. The summed E-state index contributed by atoms with van der Waals surface area (Å²) in [6.07, 6.45) is 0.878. The van der Waals surface area contributed by atoms with Crippen LogP contribution in [0.2, 0.25) is 0 Å². The van der Waals surface area contributed by atoms with E-state index in [2.05, 4.69) is 30.0 Å². The number of methoxy groups -OCH3 is 2. The minimum atomic E-state index is -0.841. The molecule has 28 heavy (non-hydrogen) atoms. The molecule has 3 aromatic rings. The molecule has 0 saturated heterocycles. The molecule has 140 valence electrons. The van der Waals surface area contributed by atoms with Crippen LogP contribution in [0.1, 0.15) is 22.3 Å². The van der Waals surface area contributed by atoms with Crippen LogP contribution in [0, 0.1) is 11.8 Å². The monoisotopic (exact) mass is 370 g/mol. The largest absolute Gasteiger partial charge is 0.497 e. The minimum Gasteiger partial charge on any atom is -0.497 e. The topological polar surface area (TPSA) is 27.7 Å². The van der Waals surface area contributed by atoms with Crippen molar-refractivity contribution in [2.45, 2.75) is 12.0 Å². The van der Waals surface area contributed by atoms with Crippen molar-refractivity contribution in [3.05, 3.63) is 95.1 Å². The van der Waals surface area contributed by atoms with Crippen molar-refractivity contribution < 1.29 is 14.2 Å². The third-order valence-corrected chi connectivity index (χ3v) is 5.02. The number of ether oxygens (including phenoxy) is 3. The van der Waals surface area contributed by atoms with Gasteiger partial charge in [-0.3, -0.25) is 0 Å². The quantitative estimate of drug-likeness (QED) is 0.632. The first-order valence-corrected chi connectivity index (χ1v) is 9.29. The summed E-state index contributed by atoms with van der Waals surface area (Å²) in [6.45, 7) is 0.612. The second-order valence-corrected chi connectivity index (χ2v) is 6.65. The van der Waals surface area contributed by atoms with E-state index >= 15 is 0 Å². The Hall–Kier alpha value is -3.22. The van der Waals surface area contributed by atoms with Crippen LogP contribution in [0.3, 0.4) is 0 Å². The van der Waals surface area contributed by atoms with Gasteiger partial charge in [0.05, 0.1) is 20.8 Å². The first kappa shape index (κ1) is 18.2. The van der Waals surface area contributed by atoms with E-state index in [1.54, 1.807) is 14.2 Å². The maximum absolute atomic E-state index is 6.40. The Balaban J connectivity index is 1.90. The fourth-order valence-corrected chi connectivity index (χ4v) is 3.59. The van der Waals surface area contributed by atoms with Crippen molar-refractivity contribution in [1.82, 2.24) is 0 Å². The van der Waals surface area contributed by atoms with Gasteiger partial charge in [0.1, 0.15) is 11.5 Å². The van der Waals surface area contributed by atoms with E-state index in [0.29, 0.717) is 6.61 Å². The SMILES string of the molecule is COc1cccc(C#C[C@@]2(c3cccc(OC)c3)OCCc3ccccc32)c1. The molecule has 0 aliphatic carbocycles. The van der Waals surface area contributed by atoms with E-state index in [1.165, 1.54) is 5.56 Å². The highest BCUT2D eigenvalue weighted by atomic mass is 16.5. The highest BCUT2D eigenvalue weighted by Gasteiger charge is 2.38. The van der Waals surface area contributed by atoms with Crippen LogP contribution in [-0.4, -0.2) is 20.8 Å². The lowest BCUT2D eigenvalue weighted by Crippen LogP contribution is -2.35. The molecule has 1 atom stereocenters. The Kier molecular flexibility index (Phi) is 5.06. The summed E-state index contributed by atoms with van der Waals surface area (Å²) >= 11 is 0. The predicted octanol–water partition coefficient (Wildman–Crippen LogP) is 4.57. The predicted molar refractivity (Wildman–Crippen MR) is 110 cm³/mol. The molecular weight excluding hydrogens is 348 g/mol. The Morgan fingerprint density at radius 2 is 1.61 bits per heavy atom. The summed E-state index contributed by atoms with van der Waals surface area (Å²) in [4.78, 5) is 0. The zero-order valence-electron chi connectivity index (χ0n) is 16.1. The van der Waals surface area contributed by atoms with E-state index in [0.717, 1.165) is 34.6 Å². The molecule has 0 amide bonds. The molecule has 3 heteroatoms. The first-order valence-electron chi connectivity index (χ1n) is 9.29. The fraction of sp³-hybridized carbons (Fsp3) is 0.200. The number of hydrogen-bond donors (Lipinski definition) is 0. The Bertz CT molecular complexity index is 1040. The average Bonchev–Trinajstić information content (AvgIpc) is 2.78. The first-order chi connectivity index (χ1) is 13.7. The zero-order valence-corrected chi connectivity index (χ0v) is 16.1. The maximum atomic E-state index is 6.40. The van der Waals surface area contributed by atoms with Gasteiger partial charge in [0, 0.05) is 16.7 Å².